The quantitative estimate of drug-likeness (QED) is 0.300. The number of nitrogens with zero attached hydrogens (tertiary/aromatic N) is 7. The van der Waals surface area contributed by atoms with Crippen molar-refractivity contribution in [2.75, 3.05) is 77.2 Å². The highest BCUT2D eigenvalue weighted by atomic mass is 16.5. The number of methoxy groups -OCH3 is 1. The number of carbonyl (C=O) groups excluding carboxylic acids is 1. The summed E-state index contributed by atoms with van der Waals surface area (Å²) < 4.78 is 13.0. The molecule has 13 nitrogen and oxygen atoms in total. The third kappa shape index (κ3) is 8.05. The molecular weight excluding hydrogens is 538 g/mol. The smallest absolute Gasteiger partial charge is 0.236 e. The van der Waals surface area contributed by atoms with Crippen LogP contribution in [0.15, 0.2) is 18.5 Å². The van der Waals surface area contributed by atoms with E-state index in [2.05, 4.69) is 38.3 Å². The van der Waals surface area contributed by atoms with E-state index in [4.69, 9.17) is 25.3 Å². The lowest BCUT2D eigenvalue weighted by Crippen LogP contribution is -2.46. The Kier molecular flexibility index (Phi) is 11.7. The summed E-state index contributed by atoms with van der Waals surface area (Å²) in [4.78, 5) is 30.5. The second kappa shape index (κ2) is 15.6. The van der Waals surface area contributed by atoms with Crippen molar-refractivity contribution in [1.82, 2.24) is 34.5 Å². The van der Waals surface area contributed by atoms with E-state index in [-0.39, 0.29) is 18.5 Å². The number of ether oxygens (including phenoxy) is 2. The van der Waals surface area contributed by atoms with Gasteiger partial charge >= 0.3 is 0 Å². The number of nitrogen functional groups attached to an aromatic ring is 1. The summed E-state index contributed by atoms with van der Waals surface area (Å²) in [6.07, 6.45) is 7.56. The minimum atomic E-state index is 0.210. The number of pyridine rings is 1. The zero-order valence-electron chi connectivity index (χ0n) is 25.1. The molecule has 0 spiro atoms. The first kappa shape index (κ1) is 31.4. The third-order valence-corrected chi connectivity index (χ3v) is 7.58. The van der Waals surface area contributed by atoms with E-state index < -0.39 is 0 Å². The number of nitrogens with two attached hydrogens (primary N) is 1. The van der Waals surface area contributed by atoms with Crippen LogP contribution in [0, 0.1) is 0 Å². The van der Waals surface area contributed by atoms with E-state index >= 15 is 0 Å². The number of aliphatic hydroxyl groups excluding tert-OH is 1. The number of likely N-dealkylation sites (tertiary alicyclic amines) is 1. The molecule has 2 saturated heterocycles. The molecule has 13 heteroatoms. The Hall–Kier alpha value is -3.55. The number of anilines is 2. The van der Waals surface area contributed by atoms with Gasteiger partial charge in [-0.25, -0.2) is 4.98 Å². The van der Waals surface area contributed by atoms with Crippen LogP contribution in [0.2, 0.25) is 0 Å². The first-order valence-electron chi connectivity index (χ1n) is 14.9. The molecule has 1 amide bonds. The number of carbonyl (C=O) groups is 1. The lowest BCUT2D eigenvalue weighted by atomic mass is 9.90. The van der Waals surface area contributed by atoms with Crippen LogP contribution in [0.4, 0.5) is 11.8 Å². The predicted octanol–water partition coefficient (Wildman–Crippen LogP) is 2.11. The molecule has 42 heavy (non-hydrogen) atoms. The summed E-state index contributed by atoms with van der Waals surface area (Å²) in [5, 5.41) is 15.5. The number of hydrogen-bond acceptors (Lipinski definition) is 11. The van der Waals surface area contributed by atoms with Gasteiger partial charge in [-0.3, -0.25) is 19.4 Å². The molecule has 0 aliphatic carbocycles. The minimum Gasteiger partial charge on any atom is -0.495 e. The van der Waals surface area contributed by atoms with Gasteiger partial charge in [0.2, 0.25) is 11.9 Å². The van der Waals surface area contributed by atoms with Gasteiger partial charge in [-0.15, -0.1) is 0 Å². The number of nitrogens with one attached hydrogen (secondary N) is 1. The Morgan fingerprint density at radius 2 is 1.90 bits per heavy atom. The van der Waals surface area contributed by atoms with Gasteiger partial charge in [0.15, 0.2) is 5.82 Å². The summed E-state index contributed by atoms with van der Waals surface area (Å²) in [7, 11) is 1.67. The molecule has 5 heterocycles. The van der Waals surface area contributed by atoms with Gasteiger partial charge in [0.25, 0.3) is 0 Å². The van der Waals surface area contributed by atoms with Gasteiger partial charge < -0.3 is 30.5 Å². The average molecular weight is 584 g/mol. The van der Waals surface area contributed by atoms with Crippen molar-refractivity contribution in [3.63, 3.8) is 0 Å². The van der Waals surface area contributed by atoms with Crippen molar-refractivity contribution in [3.05, 3.63) is 29.7 Å². The van der Waals surface area contributed by atoms with Crippen molar-refractivity contribution in [1.29, 1.82) is 0 Å². The lowest BCUT2D eigenvalue weighted by molar-refractivity contribution is -0.134. The van der Waals surface area contributed by atoms with Gasteiger partial charge in [0.05, 0.1) is 39.6 Å². The fourth-order valence-electron chi connectivity index (χ4n) is 5.30. The monoisotopic (exact) mass is 583 g/mol. The van der Waals surface area contributed by atoms with Crippen molar-refractivity contribution >= 4 is 28.7 Å². The molecule has 2 aliphatic heterocycles. The highest BCUT2D eigenvalue weighted by molar-refractivity contribution is 5.86. The number of piperidine rings is 1. The molecule has 3 aromatic rings. The van der Waals surface area contributed by atoms with Crippen LogP contribution >= 0.6 is 0 Å². The largest absolute Gasteiger partial charge is 0.495 e. The third-order valence-electron chi connectivity index (χ3n) is 7.58. The average Bonchev–Trinajstić information content (AvgIpc) is 3.40. The molecule has 0 saturated carbocycles. The fourth-order valence-corrected chi connectivity index (χ4v) is 5.30. The van der Waals surface area contributed by atoms with Gasteiger partial charge in [-0.1, -0.05) is 13.3 Å². The second-order valence-electron chi connectivity index (χ2n) is 10.5. The van der Waals surface area contributed by atoms with Gasteiger partial charge in [0.1, 0.15) is 22.5 Å². The highest BCUT2D eigenvalue weighted by Crippen LogP contribution is 2.32. The van der Waals surface area contributed by atoms with E-state index in [0.29, 0.717) is 43.6 Å². The number of morpholine rings is 1. The van der Waals surface area contributed by atoms with Crippen LogP contribution < -0.4 is 15.8 Å². The van der Waals surface area contributed by atoms with Gasteiger partial charge in [-0.05, 0) is 43.7 Å². The Morgan fingerprint density at radius 1 is 1.17 bits per heavy atom. The number of amides is 1. The Balaban J connectivity index is 0.00000129. The SMILES string of the molecule is CCCCNc1nc(N)nc2cnn(Cc3ncc(C4CCN(C(=O)CN5CCOCC5)CC4)cc3OC)c12.CCO. The standard InChI is InChI=1S/C27H39N9O3.C2H6O/c1-3-4-7-29-26-25-21(32-27(28)33-26)16-31-36(25)17-22-23(38-2)14-20(15-30-22)19-5-8-35(9-6-19)24(37)18-34-10-12-39-13-11-34;1-2-3/h14-16,19H,3-13,17-18H2,1-2H3,(H3,28,29,32,33);3H,2H2,1H3. The number of unbranched alkanes of at least 4 members (excludes halogenated alkanes) is 1. The maximum atomic E-state index is 12.8. The zero-order chi connectivity index (χ0) is 29.9. The maximum Gasteiger partial charge on any atom is 0.236 e. The molecule has 0 atom stereocenters. The summed E-state index contributed by atoms with van der Waals surface area (Å²) in [6, 6.07) is 2.08. The number of fused-ring (bicyclic) bond motifs is 1. The Morgan fingerprint density at radius 3 is 2.60 bits per heavy atom. The van der Waals surface area contributed by atoms with Crippen LogP contribution in [0.3, 0.4) is 0 Å². The zero-order valence-corrected chi connectivity index (χ0v) is 25.1. The highest BCUT2D eigenvalue weighted by Gasteiger charge is 2.26. The molecule has 0 radical (unpaired) electrons. The maximum absolute atomic E-state index is 12.8. The van der Waals surface area contributed by atoms with Crippen LogP contribution in [0.25, 0.3) is 11.0 Å². The molecular formula is C29H45N9O4. The van der Waals surface area contributed by atoms with E-state index in [1.54, 1.807) is 20.2 Å². The molecule has 0 bridgehead atoms. The van der Waals surface area contributed by atoms with Crippen molar-refractivity contribution in [2.24, 2.45) is 0 Å². The molecule has 5 rings (SSSR count). The Bertz CT molecular complexity index is 1290. The molecule has 2 aliphatic rings. The summed E-state index contributed by atoms with van der Waals surface area (Å²) >= 11 is 0. The Labute approximate surface area is 247 Å². The van der Waals surface area contributed by atoms with E-state index in [9.17, 15) is 4.79 Å². The molecule has 4 N–H and O–H groups in total. The van der Waals surface area contributed by atoms with E-state index in [0.717, 1.165) is 80.9 Å². The van der Waals surface area contributed by atoms with Crippen molar-refractivity contribution in [3.8, 4) is 5.75 Å². The second-order valence-corrected chi connectivity index (χ2v) is 10.5. The van der Waals surface area contributed by atoms with Gasteiger partial charge in [0, 0.05) is 45.5 Å². The van der Waals surface area contributed by atoms with Crippen molar-refractivity contribution in [2.45, 2.75) is 52.0 Å². The van der Waals surface area contributed by atoms with Crippen molar-refractivity contribution < 1.29 is 19.4 Å². The summed E-state index contributed by atoms with van der Waals surface area (Å²) in [5.74, 6) is 2.16. The summed E-state index contributed by atoms with van der Waals surface area (Å²) in [6.45, 7) is 10.3. The number of rotatable bonds is 10. The van der Waals surface area contributed by atoms with Gasteiger partial charge in [-0.2, -0.15) is 10.1 Å². The summed E-state index contributed by atoms with van der Waals surface area (Å²) in [5.41, 5.74) is 9.33. The molecule has 0 unspecified atom stereocenters. The molecule has 230 valence electrons. The number of aliphatic hydroxyl groups is 1. The van der Waals surface area contributed by atoms with Crippen LogP contribution in [0.5, 0.6) is 5.75 Å². The molecule has 3 aromatic heterocycles. The fraction of sp³-hybridized carbons (Fsp3) is 0.621. The molecule has 2 fully saturated rings. The van der Waals surface area contributed by atoms with Crippen LogP contribution in [-0.4, -0.2) is 112 Å². The van der Waals surface area contributed by atoms with E-state index in [1.165, 1.54) is 0 Å². The molecule has 0 aromatic carbocycles. The van der Waals surface area contributed by atoms with E-state index in [1.807, 2.05) is 15.8 Å². The lowest BCUT2D eigenvalue weighted by Gasteiger charge is -2.34. The minimum absolute atomic E-state index is 0.210. The van der Waals surface area contributed by atoms with Crippen LogP contribution in [0.1, 0.15) is 56.7 Å². The predicted molar refractivity (Wildman–Crippen MR) is 162 cm³/mol. The topological polar surface area (TPSA) is 157 Å². The first-order chi connectivity index (χ1) is 20.5. The normalized spacial score (nSPS) is 16.2. The number of hydrogen-bond donors (Lipinski definition) is 3. The van der Waals surface area contributed by atoms with Crippen LogP contribution in [-0.2, 0) is 16.1 Å². The number of aromatic nitrogens is 5. The first-order valence-corrected chi connectivity index (χ1v) is 14.9.